The molecule has 16 heavy (non-hydrogen) atoms. The maximum atomic E-state index is 5.51. The van der Waals surface area contributed by atoms with Gasteiger partial charge in [-0.15, -0.1) is 0 Å². The molecule has 0 saturated heterocycles. The third kappa shape index (κ3) is 2.81. The average Bonchev–Trinajstić information content (AvgIpc) is 2.30. The fourth-order valence-corrected chi connectivity index (χ4v) is 1.09. The molecule has 0 atom stereocenters. The highest BCUT2D eigenvalue weighted by atomic mass is 16.5. The molecule has 2 rings (SSSR count). The molecule has 0 aliphatic rings. The van der Waals surface area contributed by atoms with Gasteiger partial charge in [0.15, 0.2) is 6.73 Å². The van der Waals surface area contributed by atoms with Gasteiger partial charge in [-0.25, -0.2) is 15.0 Å². The molecule has 6 heteroatoms. The number of hydrogen-bond donors (Lipinski definition) is 2. The van der Waals surface area contributed by atoms with E-state index in [1.54, 1.807) is 36.8 Å². The number of nitrogen functional groups attached to an aromatic ring is 1. The van der Waals surface area contributed by atoms with Gasteiger partial charge in [-0.3, -0.25) is 0 Å². The molecule has 0 spiro atoms. The molecular formula is C10H11N5O. The number of nitrogens with two attached hydrogens (primary N) is 1. The summed E-state index contributed by atoms with van der Waals surface area (Å²) in [5, 5.41) is 2.91. The molecule has 0 aromatic carbocycles. The lowest BCUT2D eigenvalue weighted by Crippen LogP contribution is -2.11. The molecule has 82 valence electrons. The van der Waals surface area contributed by atoms with Crippen LogP contribution in [0, 0.1) is 0 Å². The molecule has 0 amide bonds. The first kappa shape index (κ1) is 10.2. The fourth-order valence-electron chi connectivity index (χ4n) is 1.09. The third-order valence-corrected chi connectivity index (χ3v) is 1.79. The molecule has 0 saturated carbocycles. The summed E-state index contributed by atoms with van der Waals surface area (Å²) in [6.45, 7) is 0.271. The van der Waals surface area contributed by atoms with Crippen molar-refractivity contribution in [3.63, 3.8) is 0 Å². The van der Waals surface area contributed by atoms with Crippen molar-refractivity contribution in [3.05, 3.63) is 36.8 Å². The van der Waals surface area contributed by atoms with Crippen LogP contribution in [0.5, 0.6) is 5.75 Å². The summed E-state index contributed by atoms with van der Waals surface area (Å²) in [5.74, 6) is 1.59. The van der Waals surface area contributed by atoms with Crippen molar-refractivity contribution in [2.75, 3.05) is 17.8 Å². The molecule has 2 aromatic rings. The second kappa shape index (κ2) is 4.92. The maximum absolute atomic E-state index is 5.51. The van der Waals surface area contributed by atoms with Crippen LogP contribution < -0.4 is 15.8 Å². The van der Waals surface area contributed by atoms with Crippen molar-refractivity contribution in [3.8, 4) is 5.75 Å². The minimum Gasteiger partial charge on any atom is -0.473 e. The Morgan fingerprint density at radius 2 is 2.00 bits per heavy atom. The van der Waals surface area contributed by atoms with Crippen LogP contribution in [-0.2, 0) is 0 Å². The second-order valence-electron chi connectivity index (χ2n) is 2.95. The number of nitrogens with one attached hydrogen (secondary N) is 1. The zero-order valence-corrected chi connectivity index (χ0v) is 8.50. The van der Waals surface area contributed by atoms with Gasteiger partial charge in [-0.2, -0.15) is 0 Å². The van der Waals surface area contributed by atoms with Crippen molar-refractivity contribution < 1.29 is 4.74 Å². The monoisotopic (exact) mass is 217 g/mol. The van der Waals surface area contributed by atoms with Crippen LogP contribution in [0.15, 0.2) is 36.8 Å². The van der Waals surface area contributed by atoms with Gasteiger partial charge in [0.05, 0.1) is 0 Å². The molecule has 6 nitrogen and oxygen atoms in total. The lowest BCUT2D eigenvalue weighted by molar-refractivity contribution is 0.345. The molecular weight excluding hydrogens is 206 g/mol. The summed E-state index contributed by atoms with van der Waals surface area (Å²) in [4.78, 5) is 11.8. The molecule has 0 aliphatic carbocycles. The minimum absolute atomic E-state index is 0.271. The van der Waals surface area contributed by atoms with Crippen molar-refractivity contribution in [1.29, 1.82) is 0 Å². The van der Waals surface area contributed by atoms with Gasteiger partial charge >= 0.3 is 0 Å². The van der Waals surface area contributed by atoms with Gasteiger partial charge in [0.25, 0.3) is 0 Å². The SMILES string of the molecule is Nc1cc(OCNc2ncccn2)ccn1. The van der Waals surface area contributed by atoms with Crippen molar-refractivity contribution >= 4 is 11.8 Å². The summed E-state index contributed by atoms with van der Waals surface area (Å²) in [6.07, 6.45) is 4.89. The number of hydrogen-bond acceptors (Lipinski definition) is 6. The highest BCUT2D eigenvalue weighted by Gasteiger charge is 1.95. The summed E-state index contributed by atoms with van der Waals surface area (Å²) < 4.78 is 5.38. The first-order valence-corrected chi connectivity index (χ1v) is 4.70. The topological polar surface area (TPSA) is 86.0 Å². The summed E-state index contributed by atoms with van der Waals surface area (Å²) in [6, 6.07) is 5.12. The predicted molar refractivity (Wildman–Crippen MR) is 59.8 cm³/mol. The highest BCUT2D eigenvalue weighted by Crippen LogP contribution is 2.11. The van der Waals surface area contributed by atoms with E-state index in [9.17, 15) is 0 Å². The van der Waals surface area contributed by atoms with E-state index in [1.165, 1.54) is 0 Å². The van der Waals surface area contributed by atoms with Crippen LogP contribution in [0.25, 0.3) is 0 Å². The van der Waals surface area contributed by atoms with Gasteiger partial charge < -0.3 is 15.8 Å². The van der Waals surface area contributed by atoms with E-state index in [0.717, 1.165) is 0 Å². The molecule has 0 unspecified atom stereocenters. The van der Waals surface area contributed by atoms with E-state index in [-0.39, 0.29) is 6.73 Å². The Labute approximate surface area is 92.5 Å². The van der Waals surface area contributed by atoms with Crippen molar-refractivity contribution in [2.24, 2.45) is 0 Å². The van der Waals surface area contributed by atoms with Crippen LogP contribution in [0.2, 0.25) is 0 Å². The van der Waals surface area contributed by atoms with E-state index in [4.69, 9.17) is 10.5 Å². The molecule has 2 heterocycles. The zero-order chi connectivity index (χ0) is 11.2. The van der Waals surface area contributed by atoms with E-state index in [2.05, 4.69) is 20.3 Å². The van der Waals surface area contributed by atoms with Gasteiger partial charge in [0, 0.05) is 24.7 Å². The van der Waals surface area contributed by atoms with E-state index in [1.807, 2.05) is 0 Å². The fraction of sp³-hybridized carbons (Fsp3) is 0.100. The first-order chi connectivity index (χ1) is 7.84. The van der Waals surface area contributed by atoms with Gasteiger partial charge in [-0.1, -0.05) is 0 Å². The number of aromatic nitrogens is 3. The number of nitrogens with zero attached hydrogens (tertiary/aromatic N) is 3. The Hall–Kier alpha value is -2.37. The molecule has 0 bridgehead atoms. The summed E-state index contributed by atoms with van der Waals surface area (Å²) >= 11 is 0. The maximum Gasteiger partial charge on any atom is 0.225 e. The highest BCUT2D eigenvalue weighted by molar-refractivity contribution is 5.35. The number of ether oxygens (including phenoxy) is 1. The van der Waals surface area contributed by atoms with Crippen LogP contribution >= 0.6 is 0 Å². The zero-order valence-electron chi connectivity index (χ0n) is 8.50. The van der Waals surface area contributed by atoms with E-state index < -0.39 is 0 Å². The van der Waals surface area contributed by atoms with Gasteiger partial charge in [0.2, 0.25) is 5.95 Å². The Balaban J connectivity index is 1.85. The lowest BCUT2D eigenvalue weighted by atomic mass is 10.4. The van der Waals surface area contributed by atoms with Gasteiger partial charge in [-0.05, 0) is 12.1 Å². The number of pyridine rings is 1. The average molecular weight is 217 g/mol. The van der Waals surface area contributed by atoms with Crippen LogP contribution in [0.1, 0.15) is 0 Å². The normalized spacial score (nSPS) is 9.75. The Bertz CT molecular complexity index is 448. The molecule has 3 N–H and O–H groups in total. The molecule has 0 radical (unpaired) electrons. The smallest absolute Gasteiger partial charge is 0.225 e. The molecule has 0 fully saturated rings. The standard InChI is InChI=1S/C10H11N5O/c11-9-6-8(2-5-12-9)16-7-15-10-13-3-1-4-14-10/h1-6H,7H2,(H2,11,12)(H,13,14,15). The lowest BCUT2D eigenvalue weighted by Gasteiger charge is -2.07. The number of rotatable bonds is 4. The molecule has 0 aliphatic heterocycles. The van der Waals surface area contributed by atoms with Crippen LogP contribution in [0.4, 0.5) is 11.8 Å². The van der Waals surface area contributed by atoms with Crippen LogP contribution in [-0.4, -0.2) is 21.7 Å². The van der Waals surface area contributed by atoms with Crippen molar-refractivity contribution in [2.45, 2.75) is 0 Å². The molecule has 2 aromatic heterocycles. The minimum atomic E-state index is 0.271. The number of anilines is 2. The Morgan fingerprint density at radius 3 is 2.75 bits per heavy atom. The summed E-state index contributed by atoms with van der Waals surface area (Å²) in [7, 11) is 0. The van der Waals surface area contributed by atoms with E-state index >= 15 is 0 Å². The van der Waals surface area contributed by atoms with Gasteiger partial charge in [0.1, 0.15) is 11.6 Å². The predicted octanol–water partition coefficient (Wildman–Crippen LogP) is 0.902. The summed E-state index contributed by atoms with van der Waals surface area (Å²) in [5.41, 5.74) is 5.51. The van der Waals surface area contributed by atoms with Crippen LogP contribution in [0.3, 0.4) is 0 Å². The first-order valence-electron chi connectivity index (χ1n) is 4.70. The quantitative estimate of drug-likeness (QED) is 0.740. The Kier molecular flexibility index (Phi) is 3.12. The van der Waals surface area contributed by atoms with Crippen molar-refractivity contribution in [1.82, 2.24) is 15.0 Å². The second-order valence-corrected chi connectivity index (χ2v) is 2.95. The largest absolute Gasteiger partial charge is 0.473 e. The Morgan fingerprint density at radius 1 is 1.19 bits per heavy atom. The third-order valence-electron chi connectivity index (χ3n) is 1.79. The van der Waals surface area contributed by atoms with E-state index in [0.29, 0.717) is 17.5 Å².